The second-order valence-electron chi connectivity index (χ2n) is 4.79. The lowest BCUT2D eigenvalue weighted by Gasteiger charge is -2.19. The predicted molar refractivity (Wildman–Crippen MR) is 84.7 cm³/mol. The molecule has 2 rings (SSSR count). The molecule has 0 aliphatic heterocycles. The minimum Gasteiger partial charge on any atom is -0.496 e. The van der Waals surface area contributed by atoms with E-state index in [1.165, 1.54) is 0 Å². The van der Waals surface area contributed by atoms with Crippen LogP contribution in [-0.2, 0) is 13.5 Å². The summed E-state index contributed by atoms with van der Waals surface area (Å²) in [6.07, 6.45) is 0.589. The Morgan fingerprint density at radius 2 is 2.14 bits per heavy atom. The molecule has 0 saturated carbocycles. The van der Waals surface area contributed by atoms with Gasteiger partial charge in [0, 0.05) is 23.2 Å². The van der Waals surface area contributed by atoms with Crippen molar-refractivity contribution in [2.75, 3.05) is 7.11 Å². The molecule has 0 aliphatic rings. The maximum atomic E-state index is 6.28. The largest absolute Gasteiger partial charge is 0.496 e. The van der Waals surface area contributed by atoms with Crippen LogP contribution in [0.25, 0.3) is 0 Å². The van der Waals surface area contributed by atoms with E-state index in [9.17, 15) is 0 Å². The topological polar surface area (TPSA) is 65.1 Å². The Morgan fingerprint density at radius 1 is 1.43 bits per heavy atom. The lowest BCUT2D eigenvalue weighted by molar-refractivity contribution is 0.399. The number of hydrogen-bond donors (Lipinski definition) is 2. The van der Waals surface area contributed by atoms with E-state index in [1.54, 1.807) is 17.9 Å². The van der Waals surface area contributed by atoms with Crippen molar-refractivity contribution in [1.82, 2.24) is 15.2 Å². The second kappa shape index (κ2) is 6.66. The Labute approximate surface area is 134 Å². The molecule has 21 heavy (non-hydrogen) atoms. The average molecular weight is 329 g/mol. The summed E-state index contributed by atoms with van der Waals surface area (Å²) in [5, 5.41) is 5.54. The minimum atomic E-state index is -0.181. The lowest BCUT2D eigenvalue weighted by atomic mass is 9.99. The molecular formula is C14H18Cl2N4O. The van der Waals surface area contributed by atoms with E-state index in [0.717, 1.165) is 22.6 Å². The molecule has 1 heterocycles. The van der Waals surface area contributed by atoms with Crippen molar-refractivity contribution in [2.45, 2.75) is 19.4 Å². The number of nitrogens with one attached hydrogen (secondary N) is 1. The molecule has 0 radical (unpaired) electrons. The van der Waals surface area contributed by atoms with Gasteiger partial charge in [-0.25, -0.2) is 0 Å². The molecule has 3 N–H and O–H groups in total. The number of methoxy groups -OCH3 is 1. The molecule has 1 aromatic heterocycles. The number of aryl methyl sites for hydroxylation is 2. The summed E-state index contributed by atoms with van der Waals surface area (Å²) in [5.41, 5.74) is 5.51. The number of aromatic nitrogens is 2. The molecule has 2 aromatic rings. The van der Waals surface area contributed by atoms with E-state index in [2.05, 4.69) is 10.5 Å². The maximum absolute atomic E-state index is 6.28. The fraction of sp³-hybridized carbons (Fsp3) is 0.357. The highest BCUT2D eigenvalue weighted by Crippen LogP contribution is 2.32. The van der Waals surface area contributed by atoms with Crippen LogP contribution in [0, 0.1) is 6.92 Å². The van der Waals surface area contributed by atoms with Gasteiger partial charge in [0.1, 0.15) is 10.9 Å². The highest BCUT2D eigenvalue weighted by atomic mass is 35.5. The summed E-state index contributed by atoms with van der Waals surface area (Å²) in [5.74, 6) is 6.44. The summed E-state index contributed by atoms with van der Waals surface area (Å²) >= 11 is 12.4. The third kappa shape index (κ3) is 3.32. The molecule has 0 aliphatic carbocycles. The van der Waals surface area contributed by atoms with Crippen LogP contribution in [-0.4, -0.2) is 16.9 Å². The molecular weight excluding hydrogens is 311 g/mol. The van der Waals surface area contributed by atoms with Gasteiger partial charge in [0.05, 0.1) is 18.8 Å². The summed E-state index contributed by atoms with van der Waals surface area (Å²) in [7, 11) is 3.42. The summed E-state index contributed by atoms with van der Waals surface area (Å²) in [6.45, 7) is 1.92. The van der Waals surface area contributed by atoms with Gasteiger partial charge >= 0.3 is 0 Å². The first-order chi connectivity index (χ1) is 9.97. The third-order valence-electron chi connectivity index (χ3n) is 3.45. The van der Waals surface area contributed by atoms with Gasteiger partial charge < -0.3 is 4.74 Å². The van der Waals surface area contributed by atoms with Crippen LogP contribution in [0.3, 0.4) is 0 Å². The number of halogens is 2. The van der Waals surface area contributed by atoms with Gasteiger partial charge in [-0.15, -0.1) is 0 Å². The molecule has 114 valence electrons. The van der Waals surface area contributed by atoms with E-state index in [4.69, 9.17) is 33.8 Å². The first kappa shape index (κ1) is 16.1. The van der Waals surface area contributed by atoms with Gasteiger partial charge in [-0.1, -0.05) is 23.2 Å². The van der Waals surface area contributed by atoms with E-state index < -0.39 is 0 Å². The van der Waals surface area contributed by atoms with Crippen LogP contribution in [0.4, 0.5) is 0 Å². The molecule has 0 saturated heterocycles. The normalized spacial score (nSPS) is 12.5. The SMILES string of the molecule is COc1ccc(Cl)cc1C(Cc1c(C)nn(C)c1Cl)NN. The smallest absolute Gasteiger partial charge is 0.130 e. The van der Waals surface area contributed by atoms with Crippen molar-refractivity contribution in [3.05, 3.63) is 45.2 Å². The summed E-state index contributed by atoms with van der Waals surface area (Å²) in [4.78, 5) is 0. The van der Waals surface area contributed by atoms with Crippen LogP contribution in [0.1, 0.15) is 22.9 Å². The first-order valence-corrected chi connectivity index (χ1v) is 7.21. The molecule has 1 unspecified atom stereocenters. The Bertz CT molecular complexity index is 642. The minimum absolute atomic E-state index is 0.181. The highest BCUT2D eigenvalue weighted by Gasteiger charge is 2.20. The molecule has 1 aromatic carbocycles. The number of ether oxygens (including phenoxy) is 1. The molecule has 0 spiro atoms. The lowest BCUT2D eigenvalue weighted by Crippen LogP contribution is -2.30. The number of benzene rings is 1. The van der Waals surface area contributed by atoms with Crippen molar-refractivity contribution >= 4 is 23.2 Å². The van der Waals surface area contributed by atoms with Gasteiger partial charge in [-0.3, -0.25) is 16.0 Å². The average Bonchev–Trinajstić information content (AvgIpc) is 2.70. The fourth-order valence-corrected chi connectivity index (χ4v) is 2.78. The Balaban J connectivity index is 2.38. The van der Waals surface area contributed by atoms with Crippen LogP contribution in [0.2, 0.25) is 10.2 Å². The zero-order chi connectivity index (χ0) is 15.6. The molecule has 0 amide bonds. The standard InChI is InChI=1S/C14H18Cl2N4O/c1-8-10(14(16)20(2)19-8)7-12(18-17)11-6-9(15)4-5-13(11)21-3/h4-6,12,18H,7,17H2,1-3H3. The number of nitrogens with two attached hydrogens (primary N) is 1. The van der Waals surface area contributed by atoms with Gasteiger partial charge in [-0.2, -0.15) is 5.10 Å². The van der Waals surface area contributed by atoms with E-state index in [1.807, 2.05) is 26.1 Å². The summed E-state index contributed by atoms with van der Waals surface area (Å²) in [6, 6.07) is 5.25. The Hall–Kier alpha value is -1.27. The van der Waals surface area contributed by atoms with Crippen molar-refractivity contribution in [2.24, 2.45) is 12.9 Å². The van der Waals surface area contributed by atoms with Gasteiger partial charge in [0.25, 0.3) is 0 Å². The van der Waals surface area contributed by atoms with Gasteiger partial charge in [0.15, 0.2) is 0 Å². The van der Waals surface area contributed by atoms with Crippen LogP contribution in [0.15, 0.2) is 18.2 Å². The zero-order valence-electron chi connectivity index (χ0n) is 12.2. The number of rotatable bonds is 5. The highest BCUT2D eigenvalue weighted by molar-refractivity contribution is 6.30. The Kier molecular flexibility index (Phi) is 5.11. The maximum Gasteiger partial charge on any atom is 0.130 e. The predicted octanol–water partition coefficient (Wildman–Crippen LogP) is 2.79. The first-order valence-electron chi connectivity index (χ1n) is 6.45. The third-order valence-corrected chi connectivity index (χ3v) is 4.15. The van der Waals surface area contributed by atoms with Crippen molar-refractivity contribution in [1.29, 1.82) is 0 Å². The van der Waals surface area contributed by atoms with Crippen molar-refractivity contribution < 1.29 is 4.74 Å². The van der Waals surface area contributed by atoms with Crippen LogP contribution in [0.5, 0.6) is 5.75 Å². The zero-order valence-corrected chi connectivity index (χ0v) is 13.7. The number of hydrogen-bond acceptors (Lipinski definition) is 4. The molecule has 1 atom stereocenters. The van der Waals surface area contributed by atoms with E-state index >= 15 is 0 Å². The van der Waals surface area contributed by atoms with Crippen molar-refractivity contribution in [3.8, 4) is 5.75 Å². The van der Waals surface area contributed by atoms with Gasteiger partial charge in [0.2, 0.25) is 0 Å². The van der Waals surface area contributed by atoms with E-state index in [0.29, 0.717) is 16.6 Å². The molecule has 0 fully saturated rings. The van der Waals surface area contributed by atoms with Crippen LogP contribution < -0.4 is 16.0 Å². The summed E-state index contributed by atoms with van der Waals surface area (Å²) < 4.78 is 7.03. The monoisotopic (exact) mass is 328 g/mol. The second-order valence-corrected chi connectivity index (χ2v) is 5.58. The number of nitrogens with zero attached hydrogens (tertiary/aromatic N) is 2. The molecule has 5 nitrogen and oxygen atoms in total. The van der Waals surface area contributed by atoms with Gasteiger partial charge in [-0.05, 0) is 31.5 Å². The fourth-order valence-electron chi connectivity index (χ4n) is 2.35. The Morgan fingerprint density at radius 3 is 2.67 bits per heavy atom. The molecule has 7 heteroatoms. The van der Waals surface area contributed by atoms with Crippen molar-refractivity contribution in [3.63, 3.8) is 0 Å². The van der Waals surface area contributed by atoms with Crippen LogP contribution >= 0.6 is 23.2 Å². The van der Waals surface area contributed by atoms with E-state index in [-0.39, 0.29) is 6.04 Å². The molecule has 0 bridgehead atoms. The number of hydrazine groups is 1. The quantitative estimate of drug-likeness (QED) is 0.654.